The number of nitrogens with zero attached hydrogens (tertiary/aromatic N) is 1. The molecule has 84 valence electrons. The molecule has 1 heterocycles. The van der Waals surface area contributed by atoms with Gasteiger partial charge in [-0.2, -0.15) is 0 Å². The zero-order chi connectivity index (χ0) is 11.8. The molecule has 0 fully saturated rings. The van der Waals surface area contributed by atoms with Crippen LogP contribution in [-0.4, -0.2) is 13.4 Å². The zero-order valence-electron chi connectivity index (χ0n) is 6.72. The number of halogens is 5. The summed E-state index contributed by atoms with van der Waals surface area (Å²) in [4.78, 5) is 3.00. The lowest BCUT2D eigenvalue weighted by Crippen LogP contribution is -1.99. The van der Waals surface area contributed by atoms with Crippen molar-refractivity contribution in [1.82, 2.24) is 4.98 Å². The van der Waals surface area contributed by atoms with E-state index in [1.54, 1.807) is 0 Å². The van der Waals surface area contributed by atoms with E-state index in [9.17, 15) is 17.2 Å². The molecule has 1 aromatic rings. The summed E-state index contributed by atoms with van der Waals surface area (Å²) in [6.07, 6.45) is -2.87. The maximum atomic E-state index is 12.3. The highest BCUT2D eigenvalue weighted by molar-refractivity contribution is 9.13. The molecular formula is C6H2Br2ClF2NO2S. The Morgan fingerprint density at radius 1 is 1.40 bits per heavy atom. The van der Waals surface area contributed by atoms with Gasteiger partial charge in [0.25, 0.3) is 15.5 Å². The van der Waals surface area contributed by atoms with E-state index >= 15 is 0 Å². The molecule has 0 aliphatic rings. The summed E-state index contributed by atoms with van der Waals surface area (Å²) in [5.74, 6) is 0. The van der Waals surface area contributed by atoms with Gasteiger partial charge in [-0.25, -0.2) is 22.2 Å². The van der Waals surface area contributed by atoms with Crippen molar-refractivity contribution >= 4 is 51.6 Å². The average molecular weight is 385 g/mol. The molecule has 0 amide bonds. The largest absolute Gasteiger partial charge is 0.280 e. The van der Waals surface area contributed by atoms with Crippen molar-refractivity contribution in [1.29, 1.82) is 0 Å². The molecular weight excluding hydrogens is 383 g/mol. The minimum Gasteiger partial charge on any atom is -0.239 e. The topological polar surface area (TPSA) is 47.0 Å². The molecule has 3 nitrogen and oxygen atoms in total. The standard InChI is InChI=1S/C6H2Br2ClF2NO2S/c7-4-3(15(9,13)14)1-2(6(10)11)12-5(4)8/h1,6H. The van der Waals surface area contributed by atoms with Crippen LogP contribution in [0.3, 0.4) is 0 Å². The smallest absolute Gasteiger partial charge is 0.239 e. The van der Waals surface area contributed by atoms with Crippen LogP contribution in [0.4, 0.5) is 8.78 Å². The second-order valence-electron chi connectivity index (χ2n) is 2.39. The van der Waals surface area contributed by atoms with E-state index < -0.39 is 26.1 Å². The molecule has 0 unspecified atom stereocenters. The van der Waals surface area contributed by atoms with Gasteiger partial charge < -0.3 is 0 Å². The average Bonchev–Trinajstić information content (AvgIpc) is 2.06. The van der Waals surface area contributed by atoms with E-state index in [0.717, 1.165) is 6.07 Å². The molecule has 0 atom stereocenters. The predicted molar refractivity (Wildman–Crippen MR) is 57.6 cm³/mol. The lowest BCUT2D eigenvalue weighted by Gasteiger charge is -2.05. The number of pyridine rings is 1. The molecule has 9 heteroatoms. The summed E-state index contributed by atoms with van der Waals surface area (Å²) in [5, 5.41) is 0. The molecule has 0 aromatic carbocycles. The Morgan fingerprint density at radius 2 is 1.93 bits per heavy atom. The molecule has 1 rings (SSSR count). The van der Waals surface area contributed by atoms with E-state index in [2.05, 4.69) is 36.8 Å². The fraction of sp³-hybridized carbons (Fsp3) is 0.167. The lowest BCUT2D eigenvalue weighted by molar-refractivity contribution is 0.145. The molecule has 0 aliphatic heterocycles. The normalized spacial score (nSPS) is 12.1. The molecule has 0 aliphatic carbocycles. The monoisotopic (exact) mass is 383 g/mol. The van der Waals surface area contributed by atoms with Crippen LogP contribution in [0.2, 0.25) is 0 Å². The molecule has 0 spiro atoms. The van der Waals surface area contributed by atoms with Gasteiger partial charge in [-0.15, -0.1) is 0 Å². The molecule has 0 N–H and O–H groups in total. The van der Waals surface area contributed by atoms with Crippen LogP contribution in [0.15, 0.2) is 20.0 Å². The van der Waals surface area contributed by atoms with Gasteiger partial charge in [-0.3, -0.25) is 0 Å². The van der Waals surface area contributed by atoms with Crippen LogP contribution in [0.25, 0.3) is 0 Å². The van der Waals surface area contributed by atoms with Crippen molar-refractivity contribution in [2.75, 3.05) is 0 Å². The van der Waals surface area contributed by atoms with E-state index in [1.807, 2.05) is 0 Å². The summed E-state index contributed by atoms with van der Waals surface area (Å²) in [5.41, 5.74) is -0.663. The quantitative estimate of drug-likeness (QED) is 0.579. The van der Waals surface area contributed by atoms with Gasteiger partial charge in [0.05, 0.1) is 4.47 Å². The summed E-state index contributed by atoms with van der Waals surface area (Å²) in [6.45, 7) is 0. The third kappa shape index (κ3) is 3.08. The van der Waals surface area contributed by atoms with Crippen molar-refractivity contribution < 1.29 is 17.2 Å². The Labute approximate surface area is 106 Å². The molecule has 0 saturated heterocycles. The van der Waals surface area contributed by atoms with Crippen LogP contribution in [0, 0.1) is 0 Å². The fourth-order valence-corrected chi connectivity index (χ4v) is 3.39. The van der Waals surface area contributed by atoms with Gasteiger partial charge in [0.1, 0.15) is 15.2 Å². The molecule has 1 aromatic heterocycles. The van der Waals surface area contributed by atoms with Crippen LogP contribution in [-0.2, 0) is 9.05 Å². The summed E-state index contributed by atoms with van der Waals surface area (Å²) in [7, 11) is 0.971. The fourth-order valence-electron chi connectivity index (χ4n) is 0.783. The van der Waals surface area contributed by atoms with Crippen LogP contribution < -0.4 is 0 Å². The van der Waals surface area contributed by atoms with Gasteiger partial charge in [-0.05, 0) is 37.9 Å². The van der Waals surface area contributed by atoms with E-state index in [-0.39, 0.29) is 9.08 Å². The minimum absolute atomic E-state index is 0.0156. The second-order valence-corrected chi connectivity index (χ2v) is 6.47. The van der Waals surface area contributed by atoms with Gasteiger partial charge in [0.2, 0.25) is 0 Å². The first-order valence-electron chi connectivity index (χ1n) is 3.32. The van der Waals surface area contributed by atoms with E-state index in [0.29, 0.717) is 0 Å². The number of rotatable bonds is 2. The Bertz CT molecular complexity index is 494. The Balaban J connectivity index is 3.52. The zero-order valence-corrected chi connectivity index (χ0v) is 11.5. The second kappa shape index (κ2) is 4.60. The Hall–Kier alpha value is 0.210. The van der Waals surface area contributed by atoms with Crippen molar-refractivity contribution in [3.05, 3.63) is 20.8 Å². The SMILES string of the molecule is O=S(=O)(Cl)c1cc(C(F)F)nc(Br)c1Br. The number of hydrogen-bond donors (Lipinski definition) is 0. The first-order chi connectivity index (χ1) is 6.73. The summed E-state index contributed by atoms with van der Waals surface area (Å²) < 4.78 is 46.6. The van der Waals surface area contributed by atoms with Crippen LogP contribution >= 0.6 is 42.5 Å². The van der Waals surface area contributed by atoms with Gasteiger partial charge in [-0.1, -0.05) is 0 Å². The van der Waals surface area contributed by atoms with E-state index in [4.69, 9.17) is 10.7 Å². The highest BCUT2D eigenvalue weighted by Gasteiger charge is 2.22. The molecule has 15 heavy (non-hydrogen) atoms. The lowest BCUT2D eigenvalue weighted by atomic mass is 10.4. The minimum atomic E-state index is -4.09. The summed E-state index contributed by atoms with van der Waals surface area (Å²) >= 11 is 5.72. The first-order valence-corrected chi connectivity index (χ1v) is 7.21. The van der Waals surface area contributed by atoms with Crippen molar-refractivity contribution in [3.63, 3.8) is 0 Å². The first kappa shape index (κ1) is 13.3. The van der Waals surface area contributed by atoms with Gasteiger partial charge in [0.15, 0.2) is 0 Å². The van der Waals surface area contributed by atoms with Gasteiger partial charge >= 0.3 is 0 Å². The predicted octanol–water partition coefficient (Wildman–Crippen LogP) is 3.47. The van der Waals surface area contributed by atoms with Crippen molar-refractivity contribution in [2.45, 2.75) is 11.3 Å². The van der Waals surface area contributed by atoms with Gasteiger partial charge in [0, 0.05) is 10.7 Å². The van der Waals surface area contributed by atoms with Crippen LogP contribution in [0.5, 0.6) is 0 Å². The highest BCUT2D eigenvalue weighted by Crippen LogP contribution is 2.33. The Kier molecular flexibility index (Phi) is 4.07. The maximum absolute atomic E-state index is 12.3. The molecule has 0 bridgehead atoms. The molecule has 0 saturated carbocycles. The molecule has 0 radical (unpaired) electrons. The van der Waals surface area contributed by atoms with Crippen molar-refractivity contribution in [2.24, 2.45) is 0 Å². The van der Waals surface area contributed by atoms with Crippen LogP contribution in [0.1, 0.15) is 12.1 Å². The number of alkyl halides is 2. The number of hydrogen-bond acceptors (Lipinski definition) is 3. The maximum Gasteiger partial charge on any atom is 0.280 e. The Morgan fingerprint density at radius 3 is 2.33 bits per heavy atom. The third-order valence-corrected chi connectivity index (χ3v) is 4.91. The van der Waals surface area contributed by atoms with Crippen molar-refractivity contribution in [3.8, 4) is 0 Å². The third-order valence-electron chi connectivity index (χ3n) is 1.39. The van der Waals surface area contributed by atoms with E-state index in [1.165, 1.54) is 0 Å². The highest BCUT2D eigenvalue weighted by atomic mass is 79.9. The summed E-state index contributed by atoms with van der Waals surface area (Å²) in [6, 6.07) is 0.724. The number of aromatic nitrogens is 1.